The van der Waals surface area contributed by atoms with Gasteiger partial charge >= 0.3 is 17.8 Å². The van der Waals surface area contributed by atoms with E-state index in [1.165, 1.54) is 52.7 Å². The average molecular weight is 793 g/mol. The smallest absolute Gasteiger partial charge is 0.380 e. The van der Waals surface area contributed by atoms with Crippen LogP contribution in [-0.4, -0.2) is 46.2 Å². The third-order valence-corrected chi connectivity index (χ3v) is 10.6. The number of halogens is 6. The van der Waals surface area contributed by atoms with Crippen LogP contribution in [0.3, 0.4) is 0 Å². The van der Waals surface area contributed by atoms with Gasteiger partial charge in [-0.05, 0) is 22.0 Å². The van der Waals surface area contributed by atoms with E-state index in [-0.39, 0.29) is 78.4 Å². The first-order valence-electron chi connectivity index (χ1n) is 18.1. The van der Waals surface area contributed by atoms with E-state index in [4.69, 9.17) is 27.8 Å². The molecule has 0 saturated carbocycles. The molecule has 1 aliphatic carbocycles. The summed E-state index contributed by atoms with van der Waals surface area (Å²) in [5.74, 6) is -17.6. The van der Waals surface area contributed by atoms with Gasteiger partial charge in [-0.2, -0.15) is 26.3 Å². The maximum atomic E-state index is 17.1. The summed E-state index contributed by atoms with van der Waals surface area (Å²) in [6.45, 7) is 11.8. The molecule has 2 aromatic heterocycles. The summed E-state index contributed by atoms with van der Waals surface area (Å²) in [6.07, 6.45) is 0. The lowest BCUT2D eigenvalue weighted by Gasteiger charge is -2.26. The van der Waals surface area contributed by atoms with E-state index in [2.05, 4.69) is 0 Å². The lowest BCUT2D eigenvalue weighted by molar-refractivity contribution is -0.254. The molecule has 0 amide bonds. The van der Waals surface area contributed by atoms with Crippen molar-refractivity contribution >= 4 is 33.1 Å². The van der Waals surface area contributed by atoms with Gasteiger partial charge in [-0.15, -0.1) is 0 Å². The lowest BCUT2D eigenvalue weighted by Crippen LogP contribution is -2.48. The molecule has 0 aliphatic heterocycles. The average Bonchev–Trinajstić information content (AvgIpc) is 3.76. The molecule has 7 rings (SSSR count). The van der Waals surface area contributed by atoms with Crippen LogP contribution in [0.5, 0.6) is 23.0 Å². The number of rotatable bonds is 8. The van der Waals surface area contributed by atoms with Crippen molar-refractivity contribution in [2.75, 3.05) is 28.4 Å². The Hall–Kier alpha value is -5.52. The second kappa shape index (κ2) is 13.3. The molecule has 0 atom stereocenters. The number of hydrogen-bond donors (Lipinski definition) is 0. The molecule has 0 radical (unpaired) electrons. The monoisotopic (exact) mass is 792 g/mol. The van der Waals surface area contributed by atoms with E-state index in [1.807, 2.05) is 41.5 Å². The first-order chi connectivity index (χ1) is 26.6. The normalized spacial score (nSPS) is 16.4. The van der Waals surface area contributed by atoms with Gasteiger partial charge < -0.3 is 27.8 Å². The Morgan fingerprint density at radius 1 is 0.474 bits per heavy atom. The molecule has 0 unspecified atom stereocenters. The van der Waals surface area contributed by atoms with Gasteiger partial charge in [0.15, 0.2) is 0 Å². The van der Waals surface area contributed by atoms with Crippen molar-refractivity contribution in [2.45, 2.75) is 70.1 Å². The minimum absolute atomic E-state index is 0.130. The Labute approximate surface area is 326 Å². The zero-order valence-corrected chi connectivity index (χ0v) is 33.1. The fourth-order valence-corrected chi connectivity index (χ4v) is 7.41. The first-order valence-corrected chi connectivity index (χ1v) is 18.1. The second-order valence-corrected chi connectivity index (χ2v) is 16.1. The van der Waals surface area contributed by atoms with Crippen molar-refractivity contribution in [1.82, 2.24) is 0 Å². The van der Waals surface area contributed by atoms with Gasteiger partial charge in [0, 0.05) is 57.7 Å². The molecule has 300 valence electrons. The molecule has 0 fully saturated rings. The van der Waals surface area contributed by atoms with Gasteiger partial charge in [-0.1, -0.05) is 90.1 Å². The number of alkyl halides is 6. The van der Waals surface area contributed by atoms with Crippen LogP contribution >= 0.6 is 0 Å². The molecule has 0 saturated heterocycles. The van der Waals surface area contributed by atoms with E-state index < -0.39 is 40.0 Å². The van der Waals surface area contributed by atoms with Crippen LogP contribution in [0.4, 0.5) is 26.3 Å². The molecule has 4 aromatic carbocycles. The van der Waals surface area contributed by atoms with Crippen LogP contribution in [0.15, 0.2) is 81.6 Å². The Kier molecular flexibility index (Phi) is 9.25. The van der Waals surface area contributed by atoms with Gasteiger partial charge in [0.2, 0.25) is 0 Å². The largest absolute Gasteiger partial charge is 0.496 e. The van der Waals surface area contributed by atoms with Crippen LogP contribution < -0.4 is 18.9 Å². The summed E-state index contributed by atoms with van der Waals surface area (Å²) in [4.78, 5) is 0. The Balaban J connectivity index is 1.71. The molecule has 6 aromatic rings. The predicted molar refractivity (Wildman–Crippen MR) is 209 cm³/mol. The van der Waals surface area contributed by atoms with Crippen LogP contribution in [0.1, 0.15) is 63.8 Å². The van der Waals surface area contributed by atoms with Gasteiger partial charge in [0.05, 0.1) is 39.2 Å². The van der Waals surface area contributed by atoms with Crippen molar-refractivity contribution in [3.63, 3.8) is 0 Å². The quantitative estimate of drug-likeness (QED) is 0.143. The number of furan rings is 2. The molecule has 1 aliphatic rings. The molecule has 0 bridgehead atoms. The third kappa shape index (κ3) is 6.01. The Morgan fingerprint density at radius 3 is 1.09 bits per heavy atom. The summed E-state index contributed by atoms with van der Waals surface area (Å²) in [5.41, 5.74) is -3.60. The summed E-state index contributed by atoms with van der Waals surface area (Å²) in [6, 6.07) is 18.6. The SMILES string of the molecule is COc1cc(OC)c2c(C3=C(c4c(-c5ccc(C(C)(C)C)cc5)oc5cc(OC)cc(OC)c45)C(F)(F)C(F)(F)C3(F)F)c(-c3ccc(C(C)(C)C)cc3)oc2c1. The number of hydrogen-bond acceptors (Lipinski definition) is 6. The van der Waals surface area contributed by atoms with E-state index >= 15 is 26.3 Å². The van der Waals surface area contributed by atoms with Gasteiger partial charge in [0.1, 0.15) is 45.7 Å². The van der Waals surface area contributed by atoms with Crippen LogP contribution in [0.2, 0.25) is 0 Å². The van der Waals surface area contributed by atoms with E-state index in [1.54, 1.807) is 48.5 Å². The second-order valence-electron chi connectivity index (χ2n) is 16.1. The van der Waals surface area contributed by atoms with Crippen molar-refractivity contribution in [3.8, 4) is 45.6 Å². The van der Waals surface area contributed by atoms with Gasteiger partial charge in [0.25, 0.3) is 0 Å². The zero-order chi connectivity index (χ0) is 41.6. The maximum absolute atomic E-state index is 17.1. The highest BCUT2D eigenvalue weighted by molar-refractivity contribution is 6.17. The molecule has 2 heterocycles. The molecular formula is C45H42F6O6. The zero-order valence-electron chi connectivity index (χ0n) is 33.1. The predicted octanol–water partition coefficient (Wildman–Crippen LogP) is 13.0. The number of allylic oxidation sites excluding steroid dienone is 2. The Bertz CT molecular complexity index is 2370. The third-order valence-electron chi connectivity index (χ3n) is 10.6. The van der Waals surface area contributed by atoms with Crippen LogP contribution in [0, 0.1) is 0 Å². The maximum Gasteiger partial charge on any atom is 0.380 e. The molecule has 12 heteroatoms. The minimum atomic E-state index is -5.95. The topological polar surface area (TPSA) is 63.2 Å². The van der Waals surface area contributed by atoms with Gasteiger partial charge in [-0.3, -0.25) is 0 Å². The number of ether oxygens (including phenoxy) is 4. The molecule has 6 nitrogen and oxygen atoms in total. The molecular weight excluding hydrogens is 750 g/mol. The Morgan fingerprint density at radius 2 is 0.807 bits per heavy atom. The van der Waals surface area contributed by atoms with E-state index in [9.17, 15) is 0 Å². The van der Waals surface area contributed by atoms with Crippen molar-refractivity contribution < 1.29 is 54.1 Å². The van der Waals surface area contributed by atoms with Crippen molar-refractivity contribution in [3.05, 3.63) is 95.1 Å². The molecule has 0 N–H and O–H groups in total. The lowest BCUT2D eigenvalue weighted by atomic mass is 9.85. The molecule has 0 spiro atoms. The fraction of sp³-hybridized carbons (Fsp3) is 0.333. The molecule has 57 heavy (non-hydrogen) atoms. The van der Waals surface area contributed by atoms with Gasteiger partial charge in [-0.25, -0.2) is 0 Å². The minimum Gasteiger partial charge on any atom is -0.496 e. The summed E-state index contributed by atoms with van der Waals surface area (Å²) < 4.78 is 135. The van der Waals surface area contributed by atoms with Crippen LogP contribution in [-0.2, 0) is 10.8 Å². The number of fused-ring (bicyclic) bond motifs is 2. The summed E-state index contributed by atoms with van der Waals surface area (Å²) in [5, 5.41) is -0.488. The highest BCUT2D eigenvalue weighted by Crippen LogP contribution is 2.68. The number of methoxy groups -OCH3 is 4. The van der Waals surface area contributed by atoms with Crippen LogP contribution in [0.25, 0.3) is 55.7 Å². The highest BCUT2D eigenvalue weighted by Gasteiger charge is 2.81. The number of benzene rings is 4. The summed E-state index contributed by atoms with van der Waals surface area (Å²) >= 11 is 0. The fourth-order valence-electron chi connectivity index (χ4n) is 7.41. The van der Waals surface area contributed by atoms with E-state index in [0.29, 0.717) is 0 Å². The standard InChI is InChI=1S/C45H42F6O6/c1-41(2,3)25-15-11-23(12-16-25)39-35(33-29(54-9)19-27(52-7)21-31(33)56-39)37-38(44(48,49)45(50,51)43(37,46)47)36-34-30(55-10)20-28(53-8)22-32(34)57-40(36)24-13-17-26(18-14-24)42(4,5)6/h11-22H,1-10H3. The van der Waals surface area contributed by atoms with E-state index in [0.717, 1.165) is 11.1 Å². The van der Waals surface area contributed by atoms with Crippen molar-refractivity contribution in [2.24, 2.45) is 0 Å². The highest BCUT2D eigenvalue weighted by atomic mass is 19.3. The first kappa shape index (κ1) is 39.7. The van der Waals surface area contributed by atoms with Crippen molar-refractivity contribution in [1.29, 1.82) is 0 Å². The summed E-state index contributed by atoms with van der Waals surface area (Å²) in [7, 11) is 5.17.